The average Bonchev–Trinajstić information content (AvgIpc) is 0.795. The zero-order chi connectivity index (χ0) is 92.9. The van der Waals surface area contributed by atoms with Crippen LogP contribution in [0.25, 0.3) is 88.4 Å². The van der Waals surface area contributed by atoms with E-state index in [1.165, 1.54) is 114 Å². The Hall–Kier alpha value is -12.9. The Morgan fingerprint density at radius 3 is 0.985 bits per heavy atom. The molecule has 20 rings (SSSR count). The number of sulfonamides is 8. The van der Waals surface area contributed by atoms with E-state index in [0.717, 1.165) is 60.2 Å². The third-order valence-corrected chi connectivity index (χ3v) is 35.6. The minimum Gasteiger partial charge on any atom is -0.280 e. The van der Waals surface area contributed by atoms with E-state index < -0.39 is 80.2 Å². The quantitative estimate of drug-likeness (QED) is 0.0550. The largest absolute Gasteiger partial charge is 0.280 e. The van der Waals surface area contributed by atoms with Crippen molar-refractivity contribution in [1.82, 2.24) is 24.9 Å². The van der Waals surface area contributed by atoms with Crippen molar-refractivity contribution in [3.05, 3.63) is 331 Å². The number of aryl methyl sites for hydroxylation is 1. The van der Waals surface area contributed by atoms with Crippen molar-refractivity contribution in [2.24, 2.45) is 0 Å². The molecule has 4 saturated heterocycles. The Balaban J connectivity index is 0.000000123. The summed E-state index contributed by atoms with van der Waals surface area (Å²) in [5, 5.41) is 7.02. The summed E-state index contributed by atoms with van der Waals surface area (Å²) >= 11 is 19.2. The van der Waals surface area contributed by atoms with E-state index in [9.17, 15) is 67.3 Å². The Morgan fingerprint density at radius 1 is 0.288 bits per heavy atom. The Morgan fingerprint density at radius 2 is 0.606 bits per heavy atom. The lowest BCUT2D eigenvalue weighted by molar-refractivity contribution is 0.577. The summed E-state index contributed by atoms with van der Waals surface area (Å²) in [6.07, 6.45) is 6.73. The monoisotopic (exact) mass is 1980 g/mol. The highest BCUT2D eigenvalue weighted by Gasteiger charge is 2.37. The van der Waals surface area contributed by atoms with Gasteiger partial charge in [-0.2, -0.15) is 0 Å². The van der Waals surface area contributed by atoms with Crippen LogP contribution in [0.1, 0.15) is 5.56 Å². The van der Waals surface area contributed by atoms with Crippen molar-refractivity contribution in [3.63, 3.8) is 0 Å². The molecule has 16 aromatic rings. The predicted octanol–water partition coefficient (Wildman–Crippen LogP) is 17.1. The lowest BCUT2D eigenvalue weighted by atomic mass is 10.00. The first-order valence-corrected chi connectivity index (χ1v) is 53.7. The zero-order valence-electron chi connectivity index (χ0n) is 69.1. The smallest absolute Gasteiger partial charge is 0.261 e. The molecule has 0 bridgehead atoms. The number of rotatable bonds is 20. The molecule has 0 unspecified atom stereocenters. The molecule has 5 aromatic heterocycles. The lowest BCUT2D eigenvalue weighted by Crippen LogP contribution is -2.47. The Bertz CT molecular complexity index is 7690. The standard InChI is InChI=1S/C24H21N3O4S2.2C23H18ClN3O4S2.C22H17ClN4O4S2/c1-17-6-7-19(16-23(17)24-22-5-3-2-4-18(22)12-13-25-24)26-33(30,31)21-10-8-20(9-11-21)27-14-15-32(27,28)29;24-21-11-6-17(15-20(21)23-12-5-16-3-1-2-4-22(16)25-23)26-33(30,31)19-9-7-18(8-10-19)27-13-14-32(27,28)29;24-22-10-5-17(15-21(22)23-20-4-2-1-3-16(20)11-12-25-23)26-33(30,31)19-8-6-18(7-9-19)27-13-14-32(27,28)29;23-20-8-3-15(14-19(20)22-18-2-1-10-24-21(18)9-11-25-22)26-33(30,31)17-6-4-16(5-7-17)27-12-13-32(27,28)29/h2-13,16,26H,14-15H2,1H3;2*1-12,15,26H,13-14H2;1-11,14,26H,12-13H2. The summed E-state index contributed by atoms with van der Waals surface area (Å²) in [4.78, 5) is 22.5. The molecule has 11 aromatic carbocycles. The second-order valence-electron chi connectivity index (χ2n) is 30.4. The molecule has 40 heteroatoms. The van der Waals surface area contributed by atoms with Crippen molar-refractivity contribution in [1.29, 1.82) is 0 Å². The molecular formula is C92H74Cl3N13O16S8. The van der Waals surface area contributed by atoms with Gasteiger partial charge in [-0.1, -0.05) is 114 Å². The summed E-state index contributed by atoms with van der Waals surface area (Å²) in [5.74, 6) is 0.393. The van der Waals surface area contributed by atoms with Crippen LogP contribution in [-0.4, -0.2) is 141 Å². The molecule has 132 heavy (non-hydrogen) atoms. The van der Waals surface area contributed by atoms with Gasteiger partial charge >= 0.3 is 0 Å². The molecule has 0 spiro atoms. The van der Waals surface area contributed by atoms with Gasteiger partial charge in [0.15, 0.2) is 0 Å². The fourth-order valence-electron chi connectivity index (χ4n) is 14.9. The van der Waals surface area contributed by atoms with Gasteiger partial charge < -0.3 is 0 Å². The Kier molecular flexibility index (Phi) is 25.0. The van der Waals surface area contributed by atoms with Crippen LogP contribution in [0.3, 0.4) is 0 Å². The van der Waals surface area contributed by atoms with Gasteiger partial charge in [-0.25, -0.2) is 72.3 Å². The molecule has 4 N–H and O–H groups in total. The number of pyridine rings is 5. The number of fused-ring (bicyclic) bond motifs is 4. The highest BCUT2D eigenvalue weighted by atomic mass is 35.5. The fourth-order valence-corrected chi connectivity index (χ4v) is 24.1. The number of halogens is 3. The first-order valence-electron chi connectivity index (χ1n) is 40.2. The van der Waals surface area contributed by atoms with Gasteiger partial charge in [0.1, 0.15) is 0 Å². The summed E-state index contributed by atoms with van der Waals surface area (Å²) in [6, 6.07) is 79.2. The molecule has 9 heterocycles. The SMILES string of the molecule is Cc1ccc(NS(=O)(=O)c2ccc(N3CCS3(=O)=O)cc2)cc1-c1nccc2ccccc12.O=S(=O)(Nc1ccc(Cl)c(-c2ccc3ccccc3n2)c1)c1ccc(N2CCS2(=O)=O)cc1.O=S(=O)(Nc1ccc(Cl)c(-c2nccc3ccccc23)c1)c1ccc(N2CCS2(=O)=O)cc1.O=S(=O)(Nc1ccc(Cl)c(-c2nccc3ncccc23)c1)c1ccc(N2CCS2(=O)=O)cc1. The van der Waals surface area contributed by atoms with E-state index in [0.29, 0.717) is 121 Å². The summed E-state index contributed by atoms with van der Waals surface area (Å²) in [5.41, 5.74) is 10.9. The van der Waals surface area contributed by atoms with Gasteiger partial charge in [-0.3, -0.25) is 56.0 Å². The van der Waals surface area contributed by atoms with Crippen molar-refractivity contribution in [2.75, 3.05) is 85.3 Å². The Labute approximate surface area is 776 Å². The molecular weight excluding hydrogens is 1910 g/mol. The maximum absolute atomic E-state index is 13.0. The first kappa shape index (κ1) is 91.0. The number of hydrogen-bond acceptors (Lipinski definition) is 21. The number of hydrogen-bond donors (Lipinski definition) is 4. The summed E-state index contributed by atoms with van der Waals surface area (Å²) in [6.45, 7) is 3.53. The first-order chi connectivity index (χ1) is 63.0. The highest BCUT2D eigenvalue weighted by molar-refractivity contribution is 7.95. The van der Waals surface area contributed by atoms with Crippen molar-refractivity contribution >= 4 is 204 Å². The third kappa shape index (κ3) is 19.3. The number of anilines is 8. The minimum atomic E-state index is -3.92. The topological polar surface area (TPSA) is 399 Å². The van der Waals surface area contributed by atoms with Gasteiger partial charge in [-0.15, -0.1) is 0 Å². The van der Waals surface area contributed by atoms with Gasteiger partial charge in [0.25, 0.3) is 40.1 Å². The van der Waals surface area contributed by atoms with Crippen LogP contribution in [0.15, 0.2) is 329 Å². The van der Waals surface area contributed by atoms with Crippen LogP contribution in [0.4, 0.5) is 45.5 Å². The lowest BCUT2D eigenvalue weighted by Gasteiger charge is -2.32. The number of benzene rings is 11. The highest BCUT2D eigenvalue weighted by Crippen LogP contribution is 2.41. The van der Waals surface area contributed by atoms with E-state index in [2.05, 4.69) is 43.8 Å². The molecule has 672 valence electrons. The average molecular weight is 1980 g/mol. The van der Waals surface area contributed by atoms with Crippen LogP contribution >= 0.6 is 34.8 Å². The fraction of sp³-hybridized carbons (Fsp3) is 0.0978. The molecule has 4 aliphatic heterocycles. The summed E-state index contributed by atoms with van der Waals surface area (Å²) < 4.78 is 213. The predicted molar refractivity (Wildman–Crippen MR) is 520 cm³/mol. The number of nitrogens with zero attached hydrogens (tertiary/aromatic N) is 9. The molecule has 0 amide bonds. The second kappa shape index (κ2) is 36.3. The molecule has 4 fully saturated rings. The van der Waals surface area contributed by atoms with Crippen LogP contribution in [-0.2, 0) is 80.2 Å². The van der Waals surface area contributed by atoms with Crippen LogP contribution < -0.4 is 36.1 Å². The number of nitrogens with one attached hydrogen (secondary N) is 4. The normalized spacial score (nSPS) is 15.2. The van der Waals surface area contributed by atoms with E-state index in [4.69, 9.17) is 34.8 Å². The zero-order valence-corrected chi connectivity index (χ0v) is 77.9. The molecule has 4 aliphatic rings. The maximum atomic E-state index is 13.0. The van der Waals surface area contributed by atoms with Crippen LogP contribution in [0.5, 0.6) is 0 Å². The molecule has 0 radical (unpaired) electrons. The molecule has 0 aliphatic carbocycles. The van der Waals surface area contributed by atoms with E-state index in [1.807, 2.05) is 116 Å². The van der Waals surface area contributed by atoms with Gasteiger partial charge in [0.05, 0.1) is 114 Å². The van der Waals surface area contributed by atoms with Crippen molar-refractivity contribution in [2.45, 2.75) is 26.5 Å². The maximum Gasteiger partial charge on any atom is 0.261 e. The van der Waals surface area contributed by atoms with Gasteiger partial charge in [0, 0.05) is 118 Å². The molecule has 0 atom stereocenters. The number of aromatic nitrogens is 5. The minimum absolute atomic E-state index is 0.00755. The summed E-state index contributed by atoms with van der Waals surface area (Å²) in [7, 11) is -28.7. The third-order valence-electron chi connectivity index (χ3n) is 22.0. The van der Waals surface area contributed by atoms with Gasteiger partial charge in [0.2, 0.25) is 40.1 Å². The van der Waals surface area contributed by atoms with Crippen molar-refractivity contribution < 1.29 is 67.3 Å². The van der Waals surface area contributed by atoms with E-state index in [1.54, 1.807) is 104 Å². The van der Waals surface area contributed by atoms with E-state index in [-0.39, 0.29) is 42.6 Å². The molecule has 0 saturated carbocycles. The van der Waals surface area contributed by atoms with Crippen molar-refractivity contribution in [3.8, 4) is 45.0 Å². The second-order valence-corrected chi connectivity index (χ2v) is 46.4. The van der Waals surface area contributed by atoms with E-state index >= 15 is 0 Å². The molecule has 29 nitrogen and oxygen atoms in total. The van der Waals surface area contributed by atoms with Gasteiger partial charge in [-0.05, 0) is 230 Å². The van der Waals surface area contributed by atoms with Crippen LogP contribution in [0, 0.1) is 6.92 Å². The number of para-hydroxylation sites is 1. The van der Waals surface area contributed by atoms with Crippen LogP contribution in [0.2, 0.25) is 15.1 Å².